The van der Waals surface area contributed by atoms with E-state index >= 15 is 0 Å². The van der Waals surface area contributed by atoms with E-state index in [1.165, 1.54) is 13.0 Å². The predicted octanol–water partition coefficient (Wildman–Crippen LogP) is 1.72. The van der Waals surface area contributed by atoms with Crippen LogP contribution in [0, 0.1) is 0 Å². The van der Waals surface area contributed by atoms with Crippen molar-refractivity contribution in [1.29, 1.82) is 0 Å². The molecule has 0 heterocycles. The summed E-state index contributed by atoms with van der Waals surface area (Å²) >= 11 is 0. The van der Waals surface area contributed by atoms with Crippen LogP contribution in [0.3, 0.4) is 0 Å². The van der Waals surface area contributed by atoms with Gasteiger partial charge in [-0.2, -0.15) is 0 Å². The summed E-state index contributed by atoms with van der Waals surface area (Å²) in [6.45, 7) is 1.24. The minimum absolute atomic E-state index is 0.0359. The topological polar surface area (TPSA) is 63.6 Å². The fourth-order valence-corrected chi connectivity index (χ4v) is 1.19. The maximum absolute atomic E-state index is 11.0. The van der Waals surface area contributed by atoms with E-state index in [0.29, 0.717) is 5.56 Å². The highest BCUT2D eigenvalue weighted by atomic mass is 16.5. The minimum Gasteiger partial charge on any atom is -0.478 e. The fourth-order valence-electron chi connectivity index (χ4n) is 1.19. The Hall–Kier alpha value is -2.10. The maximum atomic E-state index is 11.0. The number of carbonyl (C=O) groups excluding carboxylic acids is 1. The van der Waals surface area contributed by atoms with Gasteiger partial charge in [0, 0.05) is 6.92 Å². The molecule has 0 aliphatic heterocycles. The van der Waals surface area contributed by atoms with Crippen molar-refractivity contribution in [2.24, 2.45) is 0 Å². The summed E-state index contributed by atoms with van der Waals surface area (Å²) < 4.78 is 4.67. The number of benzene rings is 1. The molecule has 4 heteroatoms. The second-order valence-electron chi connectivity index (χ2n) is 3.09. The Morgan fingerprint density at radius 1 is 1.31 bits per heavy atom. The number of hydrogen-bond donors (Lipinski definition) is 1. The molecule has 0 bridgehead atoms. The van der Waals surface area contributed by atoms with Gasteiger partial charge in [-0.1, -0.05) is 30.3 Å². The van der Waals surface area contributed by atoms with E-state index in [0.717, 1.165) is 0 Å². The summed E-state index contributed by atoms with van der Waals surface area (Å²) in [7, 11) is 0. The van der Waals surface area contributed by atoms with Gasteiger partial charge in [0.15, 0.2) is 0 Å². The van der Waals surface area contributed by atoms with Gasteiger partial charge < -0.3 is 9.84 Å². The van der Waals surface area contributed by atoms with Crippen LogP contribution >= 0.6 is 0 Å². The number of carboxylic acid groups (broad SMARTS) is 1. The zero-order valence-electron chi connectivity index (χ0n) is 8.84. The van der Waals surface area contributed by atoms with Crippen molar-refractivity contribution < 1.29 is 19.4 Å². The Morgan fingerprint density at radius 3 is 2.44 bits per heavy atom. The van der Waals surface area contributed by atoms with Crippen LogP contribution in [0.25, 0.3) is 5.57 Å². The molecule has 84 valence electrons. The van der Waals surface area contributed by atoms with Crippen LogP contribution in [-0.2, 0) is 14.3 Å². The van der Waals surface area contributed by atoms with Crippen LogP contribution < -0.4 is 0 Å². The smallest absolute Gasteiger partial charge is 0.336 e. The summed E-state index contributed by atoms with van der Waals surface area (Å²) in [5, 5.41) is 8.98. The Labute approximate surface area is 93.2 Å². The van der Waals surface area contributed by atoms with Crippen LogP contribution in [0.4, 0.5) is 0 Å². The normalized spacial score (nSPS) is 10.9. The van der Waals surface area contributed by atoms with Gasteiger partial charge in [0.25, 0.3) is 0 Å². The molecule has 0 aliphatic carbocycles. The highest BCUT2D eigenvalue weighted by Crippen LogP contribution is 2.13. The molecule has 0 aliphatic rings. The van der Waals surface area contributed by atoms with Gasteiger partial charge in [-0.25, -0.2) is 4.79 Å². The second-order valence-corrected chi connectivity index (χ2v) is 3.09. The first-order chi connectivity index (χ1) is 7.61. The van der Waals surface area contributed by atoms with Crippen molar-refractivity contribution in [3.05, 3.63) is 42.0 Å². The van der Waals surface area contributed by atoms with E-state index in [1.54, 1.807) is 30.3 Å². The van der Waals surface area contributed by atoms with Gasteiger partial charge in [-0.15, -0.1) is 0 Å². The van der Waals surface area contributed by atoms with Crippen molar-refractivity contribution >= 4 is 17.5 Å². The molecule has 0 radical (unpaired) electrons. The van der Waals surface area contributed by atoms with Crippen molar-refractivity contribution in [3.8, 4) is 0 Å². The zero-order valence-corrected chi connectivity index (χ0v) is 8.84. The number of esters is 1. The molecule has 1 N–H and O–H groups in total. The molecule has 1 aromatic rings. The Balaban J connectivity index is 2.84. The third-order valence-corrected chi connectivity index (χ3v) is 1.89. The fraction of sp³-hybridized carbons (Fsp3) is 0.167. The molecule has 0 saturated carbocycles. The third kappa shape index (κ3) is 3.57. The standard InChI is InChI=1S/C12H12O4/c1-9(13)16-8-7-11(12(14)15)10-5-3-2-4-6-10/h2-7H,8H2,1H3,(H,14,15). The van der Waals surface area contributed by atoms with Crippen LogP contribution in [-0.4, -0.2) is 23.7 Å². The molecule has 1 aromatic carbocycles. The van der Waals surface area contributed by atoms with Gasteiger partial charge in [0.05, 0.1) is 5.57 Å². The van der Waals surface area contributed by atoms with E-state index in [9.17, 15) is 9.59 Å². The lowest BCUT2D eigenvalue weighted by molar-refractivity contribution is -0.139. The first kappa shape index (κ1) is 12.0. The van der Waals surface area contributed by atoms with Crippen molar-refractivity contribution in [2.45, 2.75) is 6.92 Å². The van der Waals surface area contributed by atoms with Crippen molar-refractivity contribution in [3.63, 3.8) is 0 Å². The lowest BCUT2D eigenvalue weighted by Gasteiger charge is -2.02. The van der Waals surface area contributed by atoms with Gasteiger partial charge in [-0.3, -0.25) is 4.79 Å². The predicted molar refractivity (Wildman–Crippen MR) is 58.7 cm³/mol. The Kier molecular flexibility index (Phi) is 4.27. The van der Waals surface area contributed by atoms with E-state index < -0.39 is 11.9 Å². The quantitative estimate of drug-likeness (QED) is 0.619. The first-order valence-electron chi connectivity index (χ1n) is 4.73. The SMILES string of the molecule is CC(=O)OCC=C(C(=O)O)c1ccccc1. The van der Waals surface area contributed by atoms with E-state index in [4.69, 9.17) is 5.11 Å². The minimum atomic E-state index is -1.04. The van der Waals surface area contributed by atoms with Crippen LogP contribution in [0.2, 0.25) is 0 Å². The lowest BCUT2D eigenvalue weighted by atomic mass is 10.1. The molecule has 0 atom stereocenters. The lowest BCUT2D eigenvalue weighted by Crippen LogP contribution is -2.03. The highest BCUT2D eigenvalue weighted by molar-refractivity contribution is 6.15. The summed E-state index contributed by atoms with van der Waals surface area (Å²) in [4.78, 5) is 21.5. The zero-order chi connectivity index (χ0) is 12.0. The second kappa shape index (κ2) is 5.70. The van der Waals surface area contributed by atoms with Gasteiger partial charge in [0.2, 0.25) is 0 Å². The van der Waals surface area contributed by atoms with Crippen LogP contribution in [0.1, 0.15) is 12.5 Å². The molecular weight excluding hydrogens is 208 g/mol. The molecule has 0 aromatic heterocycles. The first-order valence-corrected chi connectivity index (χ1v) is 4.73. The number of carbonyl (C=O) groups is 2. The molecule has 0 fully saturated rings. The number of carboxylic acids is 1. The average molecular weight is 220 g/mol. The number of aliphatic carboxylic acids is 1. The summed E-state index contributed by atoms with van der Waals surface area (Å²) in [6.07, 6.45) is 1.37. The molecule has 0 spiro atoms. The highest BCUT2D eigenvalue weighted by Gasteiger charge is 2.09. The van der Waals surface area contributed by atoms with Crippen molar-refractivity contribution in [1.82, 2.24) is 0 Å². The van der Waals surface area contributed by atoms with Gasteiger partial charge >= 0.3 is 11.9 Å². The average Bonchev–Trinajstić information content (AvgIpc) is 2.25. The summed E-state index contributed by atoms with van der Waals surface area (Å²) in [5.41, 5.74) is 0.712. The third-order valence-electron chi connectivity index (χ3n) is 1.89. The molecule has 4 nitrogen and oxygen atoms in total. The summed E-state index contributed by atoms with van der Waals surface area (Å²) in [6, 6.07) is 8.67. The molecule has 0 saturated heterocycles. The molecule has 1 rings (SSSR count). The Morgan fingerprint density at radius 2 is 1.94 bits per heavy atom. The molecular formula is C12H12O4. The molecule has 0 amide bonds. The number of hydrogen-bond acceptors (Lipinski definition) is 3. The van der Waals surface area contributed by atoms with Gasteiger partial charge in [0.1, 0.15) is 6.61 Å². The number of ether oxygens (including phenoxy) is 1. The van der Waals surface area contributed by atoms with E-state index in [2.05, 4.69) is 4.74 Å². The summed E-state index contributed by atoms with van der Waals surface area (Å²) in [5.74, 6) is -1.48. The van der Waals surface area contributed by atoms with Gasteiger partial charge in [-0.05, 0) is 11.6 Å². The monoisotopic (exact) mass is 220 g/mol. The number of rotatable bonds is 4. The van der Waals surface area contributed by atoms with Crippen LogP contribution in [0.15, 0.2) is 36.4 Å². The maximum Gasteiger partial charge on any atom is 0.336 e. The van der Waals surface area contributed by atoms with Crippen molar-refractivity contribution in [2.75, 3.05) is 6.61 Å². The largest absolute Gasteiger partial charge is 0.478 e. The Bertz CT molecular complexity index is 406. The molecule has 0 unspecified atom stereocenters. The van der Waals surface area contributed by atoms with E-state index in [-0.39, 0.29) is 12.2 Å². The van der Waals surface area contributed by atoms with E-state index in [1.807, 2.05) is 0 Å². The molecule has 16 heavy (non-hydrogen) atoms. The van der Waals surface area contributed by atoms with Crippen LogP contribution in [0.5, 0.6) is 0 Å².